The molecule has 13 heavy (non-hydrogen) atoms. The third kappa shape index (κ3) is 3.21. The predicted molar refractivity (Wildman–Crippen MR) is 50.2 cm³/mol. The van der Waals surface area contributed by atoms with Crippen molar-refractivity contribution in [1.82, 2.24) is 0 Å². The summed E-state index contributed by atoms with van der Waals surface area (Å²) < 4.78 is 12.4. The highest BCUT2D eigenvalue weighted by atomic mass is 19.1. The van der Waals surface area contributed by atoms with E-state index >= 15 is 0 Å². The van der Waals surface area contributed by atoms with Crippen LogP contribution >= 0.6 is 0 Å². The molecule has 0 atom stereocenters. The summed E-state index contributed by atoms with van der Waals surface area (Å²) >= 11 is 0. The van der Waals surface area contributed by atoms with Crippen molar-refractivity contribution < 1.29 is 9.50 Å². The molecule has 0 heterocycles. The molecule has 0 saturated carbocycles. The van der Waals surface area contributed by atoms with Crippen LogP contribution in [0.15, 0.2) is 29.4 Å². The van der Waals surface area contributed by atoms with Crippen LogP contribution in [0.5, 0.6) is 0 Å². The van der Waals surface area contributed by atoms with E-state index in [9.17, 15) is 4.39 Å². The van der Waals surface area contributed by atoms with Gasteiger partial charge in [-0.15, -0.1) is 0 Å². The maximum absolute atomic E-state index is 12.4. The lowest BCUT2D eigenvalue weighted by molar-refractivity contribution is 0.356. The highest BCUT2D eigenvalue weighted by molar-refractivity contribution is 5.83. The van der Waals surface area contributed by atoms with Gasteiger partial charge >= 0.3 is 0 Å². The fourth-order valence-corrected chi connectivity index (χ4v) is 0.720. The summed E-state index contributed by atoms with van der Waals surface area (Å²) in [6, 6.07) is 5.82. The lowest BCUT2D eigenvalue weighted by Gasteiger charge is -2.00. The largest absolute Gasteiger partial charge is 0.390 e. The molecule has 0 amide bonds. The minimum Gasteiger partial charge on any atom is -0.390 e. The average molecular weight is 182 g/mol. The molecule has 0 spiro atoms. The molecule has 1 rings (SSSR count). The zero-order valence-corrected chi connectivity index (χ0v) is 7.29. The van der Waals surface area contributed by atoms with Gasteiger partial charge in [-0.05, 0) is 31.2 Å². The van der Waals surface area contributed by atoms with E-state index in [1.807, 2.05) is 0 Å². The molecule has 1 aromatic rings. The second-order valence-electron chi connectivity index (χ2n) is 2.62. The Kier molecular flexibility index (Phi) is 3.40. The zero-order chi connectivity index (χ0) is 9.68. The zero-order valence-electron chi connectivity index (χ0n) is 7.29. The van der Waals surface area contributed by atoms with Crippen LogP contribution in [0, 0.1) is 5.82 Å². The highest BCUT2D eigenvalue weighted by Crippen LogP contribution is 2.07. The number of aliphatic hydroxyl groups is 1. The second kappa shape index (κ2) is 4.57. The Labute approximate surface area is 75.9 Å². The first-order valence-corrected chi connectivity index (χ1v) is 3.88. The lowest BCUT2D eigenvalue weighted by Crippen LogP contribution is -2.01. The van der Waals surface area contributed by atoms with Crippen molar-refractivity contribution in [3.05, 3.63) is 30.1 Å². The normalized spacial score (nSPS) is 11.5. The molecule has 0 radical (unpaired) electrons. The molecule has 0 bridgehead atoms. The Balaban J connectivity index is 2.60. The lowest BCUT2D eigenvalue weighted by atomic mass is 10.3. The van der Waals surface area contributed by atoms with Crippen LogP contribution in [0.1, 0.15) is 6.92 Å². The monoisotopic (exact) mass is 182 g/mol. The minimum atomic E-state index is -0.284. The van der Waals surface area contributed by atoms with Crippen molar-refractivity contribution in [3.8, 4) is 0 Å². The molecule has 0 aliphatic heterocycles. The Bertz CT molecular complexity index is 295. The summed E-state index contributed by atoms with van der Waals surface area (Å²) in [5.41, 5.74) is 3.95. The summed E-state index contributed by atoms with van der Waals surface area (Å²) in [7, 11) is 0. The van der Waals surface area contributed by atoms with E-state index < -0.39 is 0 Å². The van der Waals surface area contributed by atoms with E-state index in [2.05, 4.69) is 10.5 Å². The summed E-state index contributed by atoms with van der Waals surface area (Å²) in [6.07, 6.45) is 0. The summed E-state index contributed by atoms with van der Waals surface area (Å²) in [5, 5.41) is 12.5. The van der Waals surface area contributed by atoms with Crippen LogP contribution in [0.2, 0.25) is 0 Å². The topological polar surface area (TPSA) is 44.6 Å². The standard InChI is InChI=1S/C9H11FN2O/c1-7(6-13)11-12-9-4-2-8(10)3-5-9/h2-5,12-13H,6H2,1H3/b11-7+. The number of nitrogens with one attached hydrogen (secondary N) is 1. The molecule has 1 aromatic carbocycles. The number of rotatable bonds is 3. The number of nitrogens with zero attached hydrogens (tertiary/aromatic N) is 1. The molecule has 2 N–H and O–H groups in total. The third-order valence-corrected chi connectivity index (χ3v) is 1.45. The molecular formula is C9H11FN2O. The molecule has 0 saturated heterocycles. The van der Waals surface area contributed by atoms with Crippen molar-refractivity contribution >= 4 is 11.4 Å². The summed E-state index contributed by atoms with van der Waals surface area (Å²) in [6.45, 7) is 1.60. The SMILES string of the molecule is C/C(CO)=N\Nc1ccc(F)cc1. The van der Waals surface area contributed by atoms with Crippen molar-refractivity contribution in [2.45, 2.75) is 6.92 Å². The molecule has 0 fully saturated rings. The molecule has 0 aliphatic carbocycles. The van der Waals surface area contributed by atoms with Gasteiger partial charge in [-0.2, -0.15) is 5.10 Å². The van der Waals surface area contributed by atoms with Crippen LogP contribution in [0.3, 0.4) is 0 Å². The number of benzene rings is 1. The van der Waals surface area contributed by atoms with Crippen LogP contribution in [0.25, 0.3) is 0 Å². The van der Waals surface area contributed by atoms with E-state index in [0.717, 1.165) is 0 Å². The Morgan fingerprint density at radius 2 is 2.08 bits per heavy atom. The van der Waals surface area contributed by atoms with E-state index in [1.54, 1.807) is 19.1 Å². The number of hydrogen-bond donors (Lipinski definition) is 2. The van der Waals surface area contributed by atoms with Gasteiger partial charge in [-0.25, -0.2) is 4.39 Å². The maximum Gasteiger partial charge on any atom is 0.123 e. The van der Waals surface area contributed by atoms with E-state index in [-0.39, 0.29) is 12.4 Å². The first-order valence-electron chi connectivity index (χ1n) is 3.88. The minimum absolute atomic E-state index is 0.0891. The molecule has 4 heteroatoms. The molecule has 3 nitrogen and oxygen atoms in total. The van der Waals surface area contributed by atoms with Gasteiger partial charge in [0, 0.05) is 0 Å². The van der Waals surface area contributed by atoms with Gasteiger partial charge in [0.05, 0.1) is 18.0 Å². The Morgan fingerprint density at radius 1 is 1.46 bits per heavy atom. The smallest absolute Gasteiger partial charge is 0.123 e. The van der Waals surface area contributed by atoms with Crippen LogP contribution in [0.4, 0.5) is 10.1 Å². The number of hydrazone groups is 1. The third-order valence-electron chi connectivity index (χ3n) is 1.45. The fraction of sp³-hybridized carbons (Fsp3) is 0.222. The molecule has 0 aromatic heterocycles. The van der Waals surface area contributed by atoms with Gasteiger partial charge < -0.3 is 5.11 Å². The second-order valence-corrected chi connectivity index (χ2v) is 2.62. The first-order chi connectivity index (χ1) is 6.22. The van der Waals surface area contributed by atoms with Crippen molar-refractivity contribution in [2.24, 2.45) is 5.10 Å². The molecular weight excluding hydrogens is 171 g/mol. The highest BCUT2D eigenvalue weighted by Gasteiger charge is 1.91. The van der Waals surface area contributed by atoms with Crippen molar-refractivity contribution in [2.75, 3.05) is 12.0 Å². The summed E-state index contributed by atoms with van der Waals surface area (Å²) in [5.74, 6) is -0.284. The fourth-order valence-electron chi connectivity index (χ4n) is 0.720. The number of anilines is 1. The molecule has 70 valence electrons. The van der Waals surface area contributed by atoms with E-state index in [4.69, 9.17) is 5.11 Å². The van der Waals surface area contributed by atoms with Gasteiger partial charge in [0.2, 0.25) is 0 Å². The van der Waals surface area contributed by atoms with Gasteiger partial charge in [0.1, 0.15) is 5.82 Å². The Morgan fingerprint density at radius 3 is 2.62 bits per heavy atom. The van der Waals surface area contributed by atoms with Gasteiger partial charge in [0.15, 0.2) is 0 Å². The maximum atomic E-state index is 12.4. The predicted octanol–water partition coefficient (Wildman–Crippen LogP) is 1.61. The molecule has 0 aliphatic rings. The van der Waals surface area contributed by atoms with Crippen molar-refractivity contribution in [1.29, 1.82) is 0 Å². The Hall–Kier alpha value is -1.42. The number of aliphatic hydroxyl groups excluding tert-OH is 1. The van der Waals surface area contributed by atoms with Gasteiger partial charge in [-0.1, -0.05) is 0 Å². The number of halogens is 1. The molecule has 0 unspecified atom stereocenters. The van der Waals surface area contributed by atoms with Gasteiger partial charge in [0.25, 0.3) is 0 Å². The quantitative estimate of drug-likeness (QED) is 0.551. The van der Waals surface area contributed by atoms with Crippen LogP contribution in [-0.4, -0.2) is 17.4 Å². The average Bonchev–Trinajstić information content (AvgIpc) is 2.16. The van der Waals surface area contributed by atoms with E-state index in [0.29, 0.717) is 11.4 Å². The van der Waals surface area contributed by atoms with Crippen LogP contribution < -0.4 is 5.43 Å². The number of hydrogen-bond acceptors (Lipinski definition) is 3. The summed E-state index contributed by atoms with van der Waals surface area (Å²) in [4.78, 5) is 0. The van der Waals surface area contributed by atoms with Crippen LogP contribution in [-0.2, 0) is 0 Å². The first kappa shape index (κ1) is 9.67. The van der Waals surface area contributed by atoms with E-state index in [1.165, 1.54) is 12.1 Å². The van der Waals surface area contributed by atoms with Crippen molar-refractivity contribution in [3.63, 3.8) is 0 Å². The van der Waals surface area contributed by atoms with Gasteiger partial charge in [-0.3, -0.25) is 5.43 Å².